The van der Waals surface area contributed by atoms with Crippen molar-refractivity contribution in [3.8, 4) is 0 Å². The Bertz CT molecular complexity index is 537. The fraction of sp³-hybridized carbons (Fsp3) is 0.600. The summed E-state index contributed by atoms with van der Waals surface area (Å²) in [4.78, 5) is 0.370. The van der Waals surface area contributed by atoms with Gasteiger partial charge in [-0.3, -0.25) is 0 Å². The minimum atomic E-state index is -3.44. The Morgan fingerprint density at radius 1 is 1.20 bits per heavy atom. The van der Waals surface area contributed by atoms with Gasteiger partial charge in [-0.1, -0.05) is 44.4 Å². The van der Waals surface area contributed by atoms with Crippen molar-refractivity contribution in [1.82, 2.24) is 4.31 Å². The second-order valence-corrected chi connectivity index (χ2v) is 7.17. The van der Waals surface area contributed by atoms with Crippen LogP contribution in [0, 0.1) is 0 Å². The first kappa shape index (κ1) is 15.5. The van der Waals surface area contributed by atoms with Crippen LogP contribution < -0.4 is 5.73 Å². The summed E-state index contributed by atoms with van der Waals surface area (Å²) in [5.74, 6) is 0. The van der Waals surface area contributed by atoms with Crippen molar-refractivity contribution in [2.75, 3.05) is 6.54 Å². The molecule has 5 heteroatoms. The van der Waals surface area contributed by atoms with Gasteiger partial charge in [0.2, 0.25) is 10.0 Å². The molecule has 2 N–H and O–H groups in total. The van der Waals surface area contributed by atoms with Crippen LogP contribution in [0.1, 0.15) is 44.6 Å². The molecular formula is C15H24N2O2S. The normalized spacial score (nSPS) is 17.6. The summed E-state index contributed by atoms with van der Waals surface area (Å²) >= 11 is 0. The number of rotatable bonds is 5. The fourth-order valence-corrected chi connectivity index (χ4v) is 4.97. The predicted molar refractivity (Wildman–Crippen MR) is 80.8 cm³/mol. The molecule has 1 aromatic rings. The van der Waals surface area contributed by atoms with E-state index in [9.17, 15) is 8.42 Å². The lowest BCUT2D eigenvalue weighted by Crippen LogP contribution is -2.41. The topological polar surface area (TPSA) is 63.4 Å². The minimum Gasteiger partial charge on any atom is -0.326 e. The zero-order valence-electron chi connectivity index (χ0n) is 12.1. The van der Waals surface area contributed by atoms with Gasteiger partial charge in [0.05, 0.1) is 4.90 Å². The summed E-state index contributed by atoms with van der Waals surface area (Å²) in [6.07, 6.45) is 5.40. The van der Waals surface area contributed by atoms with Gasteiger partial charge in [-0.15, -0.1) is 0 Å². The Hall–Kier alpha value is -0.910. The molecule has 0 bridgehead atoms. The van der Waals surface area contributed by atoms with Crippen LogP contribution in [0.25, 0.3) is 0 Å². The van der Waals surface area contributed by atoms with Crippen LogP contribution in [0.15, 0.2) is 29.2 Å². The second-order valence-electron chi connectivity index (χ2n) is 5.31. The van der Waals surface area contributed by atoms with E-state index in [0.29, 0.717) is 17.0 Å². The van der Waals surface area contributed by atoms with Gasteiger partial charge in [0.15, 0.2) is 0 Å². The van der Waals surface area contributed by atoms with Crippen molar-refractivity contribution in [3.05, 3.63) is 29.8 Å². The summed E-state index contributed by atoms with van der Waals surface area (Å²) in [7, 11) is -3.44. The van der Waals surface area contributed by atoms with Gasteiger partial charge in [-0.2, -0.15) is 4.31 Å². The van der Waals surface area contributed by atoms with E-state index < -0.39 is 10.0 Å². The molecule has 112 valence electrons. The molecule has 0 saturated heterocycles. The molecule has 1 saturated carbocycles. The molecule has 0 unspecified atom stereocenters. The maximum absolute atomic E-state index is 12.9. The maximum atomic E-state index is 12.9. The van der Waals surface area contributed by atoms with Crippen LogP contribution in [0.3, 0.4) is 0 Å². The number of hydrogen-bond acceptors (Lipinski definition) is 3. The molecule has 0 atom stereocenters. The molecule has 0 heterocycles. The first-order valence-electron chi connectivity index (χ1n) is 7.41. The van der Waals surface area contributed by atoms with Crippen LogP contribution in [0.5, 0.6) is 0 Å². The van der Waals surface area contributed by atoms with E-state index >= 15 is 0 Å². The number of sulfonamides is 1. The third-order valence-electron chi connectivity index (χ3n) is 4.07. The van der Waals surface area contributed by atoms with Gasteiger partial charge in [-0.05, 0) is 24.5 Å². The van der Waals surface area contributed by atoms with Crippen LogP contribution in [-0.4, -0.2) is 25.3 Å². The lowest BCUT2D eigenvalue weighted by atomic mass is 9.95. The fourth-order valence-electron chi connectivity index (χ4n) is 3.04. The molecule has 1 aliphatic carbocycles. The van der Waals surface area contributed by atoms with Gasteiger partial charge < -0.3 is 5.73 Å². The van der Waals surface area contributed by atoms with Crippen LogP contribution in [0.4, 0.5) is 0 Å². The molecule has 1 aromatic carbocycles. The van der Waals surface area contributed by atoms with Crippen molar-refractivity contribution in [2.24, 2.45) is 5.73 Å². The molecular weight excluding hydrogens is 272 g/mol. The smallest absolute Gasteiger partial charge is 0.243 e. The lowest BCUT2D eigenvalue weighted by molar-refractivity contribution is 0.261. The van der Waals surface area contributed by atoms with Crippen LogP contribution >= 0.6 is 0 Å². The van der Waals surface area contributed by atoms with Crippen LogP contribution in [-0.2, 0) is 16.6 Å². The van der Waals surface area contributed by atoms with Crippen molar-refractivity contribution in [3.63, 3.8) is 0 Å². The Kier molecular flexibility index (Phi) is 5.18. The average molecular weight is 296 g/mol. The van der Waals surface area contributed by atoms with Crippen LogP contribution in [0.2, 0.25) is 0 Å². The summed E-state index contributed by atoms with van der Waals surface area (Å²) in [6, 6.07) is 7.20. The van der Waals surface area contributed by atoms with E-state index in [2.05, 4.69) is 0 Å². The van der Waals surface area contributed by atoms with E-state index in [-0.39, 0.29) is 12.6 Å². The average Bonchev–Trinajstić information content (AvgIpc) is 2.48. The van der Waals surface area contributed by atoms with Gasteiger partial charge in [0.25, 0.3) is 0 Å². The molecule has 20 heavy (non-hydrogen) atoms. The summed E-state index contributed by atoms with van der Waals surface area (Å²) in [6.45, 7) is 2.68. The Morgan fingerprint density at radius 2 is 1.85 bits per heavy atom. The summed E-state index contributed by atoms with van der Waals surface area (Å²) in [5, 5.41) is 0. The zero-order valence-corrected chi connectivity index (χ0v) is 12.9. The molecule has 0 spiro atoms. The molecule has 1 aliphatic rings. The SMILES string of the molecule is CCN(C1CCCCC1)S(=O)(=O)c1ccccc1CN. The maximum Gasteiger partial charge on any atom is 0.243 e. The van der Waals surface area contributed by atoms with E-state index in [1.54, 1.807) is 22.5 Å². The number of nitrogens with two attached hydrogens (primary N) is 1. The summed E-state index contributed by atoms with van der Waals surface area (Å²) < 4.78 is 27.5. The lowest BCUT2D eigenvalue weighted by Gasteiger charge is -2.33. The number of nitrogens with zero attached hydrogens (tertiary/aromatic N) is 1. The van der Waals surface area contributed by atoms with Crippen molar-refractivity contribution < 1.29 is 8.42 Å². The highest BCUT2D eigenvalue weighted by atomic mass is 32.2. The van der Waals surface area contributed by atoms with Gasteiger partial charge in [0, 0.05) is 19.1 Å². The van der Waals surface area contributed by atoms with Crippen molar-refractivity contribution in [1.29, 1.82) is 0 Å². The first-order chi connectivity index (χ1) is 9.61. The van der Waals surface area contributed by atoms with E-state index in [1.807, 2.05) is 13.0 Å². The monoisotopic (exact) mass is 296 g/mol. The van der Waals surface area contributed by atoms with E-state index in [4.69, 9.17) is 5.73 Å². The molecule has 0 amide bonds. The minimum absolute atomic E-state index is 0.143. The third kappa shape index (κ3) is 3.05. The standard InChI is InChI=1S/C15H24N2O2S/c1-2-17(14-9-4-3-5-10-14)20(18,19)15-11-7-6-8-13(15)12-16/h6-8,11,14H,2-5,9-10,12,16H2,1H3. The van der Waals surface area contributed by atoms with Crippen molar-refractivity contribution >= 4 is 10.0 Å². The molecule has 1 fully saturated rings. The number of benzene rings is 1. The Balaban J connectivity index is 2.35. The Labute approximate surface area is 122 Å². The third-order valence-corrected chi connectivity index (χ3v) is 6.20. The van der Waals surface area contributed by atoms with E-state index in [1.165, 1.54) is 6.42 Å². The van der Waals surface area contributed by atoms with Gasteiger partial charge in [-0.25, -0.2) is 8.42 Å². The molecule has 4 nitrogen and oxygen atoms in total. The molecule has 0 aliphatic heterocycles. The first-order valence-corrected chi connectivity index (χ1v) is 8.85. The Morgan fingerprint density at radius 3 is 2.45 bits per heavy atom. The largest absolute Gasteiger partial charge is 0.326 e. The highest BCUT2D eigenvalue weighted by Gasteiger charge is 2.32. The number of hydrogen-bond donors (Lipinski definition) is 1. The zero-order chi connectivity index (χ0) is 14.6. The molecule has 2 rings (SSSR count). The van der Waals surface area contributed by atoms with Gasteiger partial charge in [0.1, 0.15) is 0 Å². The summed E-state index contributed by atoms with van der Waals surface area (Å²) in [5.41, 5.74) is 6.38. The second kappa shape index (κ2) is 6.70. The van der Waals surface area contributed by atoms with Gasteiger partial charge >= 0.3 is 0 Å². The van der Waals surface area contributed by atoms with Crippen molar-refractivity contribution in [2.45, 2.75) is 56.5 Å². The highest BCUT2D eigenvalue weighted by Crippen LogP contribution is 2.28. The predicted octanol–water partition coefficient (Wildman–Crippen LogP) is 2.49. The molecule has 0 radical (unpaired) electrons. The quantitative estimate of drug-likeness (QED) is 0.908. The molecule has 0 aromatic heterocycles. The highest BCUT2D eigenvalue weighted by molar-refractivity contribution is 7.89. The van der Waals surface area contributed by atoms with E-state index in [0.717, 1.165) is 25.7 Å².